The van der Waals surface area contributed by atoms with Crippen LogP contribution in [0.4, 0.5) is 15.1 Å². The molecule has 0 saturated heterocycles. The van der Waals surface area contributed by atoms with Crippen molar-refractivity contribution in [2.45, 2.75) is 22.6 Å². The quantitative estimate of drug-likeness (QED) is 0.0630. The normalized spacial score (nSPS) is 11.3. The van der Waals surface area contributed by atoms with E-state index in [2.05, 4.69) is 65.8 Å². The minimum absolute atomic E-state index is 0.0734. The second-order valence-electron chi connectivity index (χ2n) is 13.8. The van der Waals surface area contributed by atoms with Crippen LogP contribution in [0.25, 0.3) is 31.8 Å². The zero-order valence-corrected chi connectivity index (χ0v) is 43.3. The standard InChI is InChI=1S/C22H18ClIN4O4S2.C11H9ClN2O.C10H11IN2O2S2/c23-17-6-4-14(28-9-1-2-10-28)12-16(17)20(29)26-21(30)27-22-25-18-7-5-15(13-19(18)33-22)34(31,32)11-3-8-24;12-10-4-3-8(7-9(10)11(13)15)14-5-1-2-6-14;11-4-1-5-17(14,15)7-2-3-8-9(6-7)16-10(12)13-8/h1-2,4-7,9-10,12-13H,3,8,11H2,(H2,25,26,27,29,30);1-7H,(H2,13,15);2-3,6H,1,4-5H2,(H2,12,13). The third-order valence-electron chi connectivity index (χ3n) is 9.21. The van der Waals surface area contributed by atoms with Gasteiger partial charge >= 0.3 is 6.03 Å². The molecule has 23 heteroatoms. The van der Waals surface area contributed by atoms with Gasteiger partial charge in [0.15, 0.2) is 29.9 Å². The summed E-state index contributed by atoms with van der Waals surface area (Å²) in [6.45, 7) is 0. The summed E-state index contributed by atoms with van der Waals surface area (Å²) in [5.74, 6) is -0.921. The van der Waals surface area contributed by atoms with E-state index in [-0.39, 0.29) is 32.1 Å². The third kappa shape index (κ3) is 13.3. The van der Waals surface area contributed by atoms with E-state index in [0.29, 0.717) is 43.7 Å². The number of nitrogens with two attached hydrogens (primary N) is 2. The molecule has 0 spiro atoms. The van der Waals surface area contributed by atoms with Gasteiger partial charge in [0, 0.05) is 45.0 Å². The molecule has 8 aromatic rings. The Morgan fingerprint density at radius 2 is 1.12 bits per heavy atom. The molecule has 0 aliphatic rings. The fourth-order valence-corrected chi connectivity index (χ4v) is 12.7. The number of primary amides is 1. The Morgan fingerprint density at radius 1 is 0.652 bits per heavy atom. The van der Waals surface area contributed by atoms with E-state index >= 15 is 0 Å². The van der Waals surface area contributed by atoms with Crippen molar-refractivity contribution in [3.05, 3.63) is 143 Å². The first-order valence-corrected chi connectivity index (χ1v) is 28.1. The molecular formula is C43H38Cl2I2N8O7S4. The van der Waals surface area contributed by atoms with Crippen LogP contribution in [-0.2, 0) is 19.7 Å². The summed E-state index contributed by atoms with van der Waals surface area (Å²) in [6, 6.07) is 26.5. The van der Waals surface area contributed by atoms with Gasteiger partial charge in [0.2, 0.25) is 5.91 Å². The van der Waals surface area contributed by atoms with E-state index in [1.165, 1.54) is 17.4 Å². The van der Waals surface area contributed by atoms with Crippen LogP contribution < -0.4 is 22.1 Å². The van der Waals surface area contributed by atoms with Crippen molar-refractivity contribution in [2.75, 3.05) is 31.4 Å². The molecule has 15 nitrogen and oxygen atoms in total. The maximum atomic E-state index is 12.7. The molecule has 0 aliphatic heterocycles. The number of alkyl halides is 2. The number of nitrogen functional groups attached to an aromatic ring is 1. The highest BCUT2D eigenvalue weighted by atomic mass is 127. The molecule has 0 fully saturated rings. The predicted octanol–water partition coefficient (Wildman–Crippen LogP) is 10.0. The number of nitrogens with zero attached hydrogens (tertiary/aromatic N) is 4. The highest BCUT2D eigenvalue weighted by Gasteiger charge is 2.19. The molecule has 4 aromatic carbocycles. The molecule has 4 aromatic heterocycles. The van der Waals surface area contributed by atoms with Gasteiger partial charge in [0.25, 0.3) is 5.91 Å². The van der Waals surface area contributed by atoms with Crippen LogP contribution in [0.1, 0.15) is 33.6 Å². The summed E-state index contributed by atoms with van der Waals surface area (Å²) in [4.78, 5) is 45.1. The number of hydrogen-bond donors (Lipinski definition) is 4. The van der Waals surface area contributed by atoms with Gasteiger partial charge in [-0.2, -0.15) is 0 Å². The molecule has 344 valence electrons. The first-order valence-electron chi connectivity index (χ1n) is 19.4. The van der Waals surface area contributed by atoms with E-state index in [9.17, 15) is 31.2 Å². The van der Waals surface area contributed by atoms with E-state index in [0.717, 1.165) is 41.8 Å². The van der Waals surface area contributed by atoms with Gasteiger partial charge in [-0.25, -0.2) is 31.6 Å². The lowest BCUT2D eigenvalue weighted by Crippen LogP contribution is -2.34. The minimum Gasteiger partial charge on any atom is -0.375 e. The summed E-state index contributed by atoms with van der Waals surface area (Å²) < 4.78 is 55.6. The summed E-state index contributed by atoms with van der Waals surface area (Å²) in [7, 11) is -6.55. The van der Waals surface area contributed by atoms with E-state index in [4.69, 9.17) is 34.7 Å². The number of carbonyl (C=O) groups is 3. The molecule has 6 N–H and O–H groups in total. The van der Waals surface area contributed by atoms with Gasteiger partial charge in [-0.3, -0.25) is 20.2 Å². The van der Waals surface area contributed by atoms with E-state index in [1.807, 2.05) is 64.3 Å². The Hall–Kier alpha value is -4.63. The Kier molecular flexibility index (Phi) is 17.6. The van der Waals surface area contributed by atoms with E-state index < -0.39 is 37.5 Å². The first-order chi connectivity index (χ1) is 31.5. The monoisotopic (exact) mass is 1230 g/mol. The molecule has 0 unspecified atom stereocenters. The van der Waals surface area contributed by atoms with Crippen molar-refractivity contribution in [2.24, 2.45) is 5.73 Å². The van der Waals surface area contributed by atoms with Crippen LogP contribution >= 0.6 is 91.1 Å². The molecular weight excluding hydrogens is 1190 g/mol. The van der Waals surface area contributed by atoms with Gasteiger partial charge < -0.3 is 20.6 Å². The average molecular weight is 1230 g/mol. The third-order valence-corrected chi connectivity index (χ3v) is 16.8. The maximum absolute atomic E-state index is 12.7. The number of halogens is 4. The molecule has 4 heterocycles. The Balaban J connectivity index is 0.000000186. The van der Waals surface area contributed by atoms with Crippen molar-refractivity contribution in [3.8, 4) is 11.4 Å². The zero-order chi connectivity index (χ0) is 47.6. The van der Waals surface area contributed by atoms with Crippen molar-refractivity contribution < 1.29 is 31.2 Å². The lowest BCUT2D eigenvalue weighted by atomic mass is 10.2. The number of fused-ring (bicyclic) bond motifs is 2. The summed E-state index contributed by atoms with van der Waals surface area (Å²) in [6.07, 6.45) is 8.66. The SMILES string of the molecule is NC(=O)c1cc(-n2cccc2)ccc1Cl.Nc1nc2ccc(S(=O)(=O)CCCI)cc2s1.O=C(NC(=O)c1cc(-n2cccc2)ccc1Cl)Nc1nc2ccc(S(=O)(=O)CCCI)cc2s1. The van der Waals surface area contributed by atoms with Crippen molar-refractivity contribution in [1.82, 2.24) is 24.4 Å². The highest BCUT2D eigenvalue weighted by Crippen LogP contribution is 2.30. The molecule has 4 amide bonds. The average Bonchev–Trinajstić information content (AvgIpc) is 4.13. The van der Waals surface area contributed by atoms with Crippen LogP contribution in [0.5, 0.6) is 0 Å². The highest BCUT2D eigenvalue weighted by molar-refractivity contribution is 14.1. The molecule has 0 atom stereocenters. The first kappa shape index (κ1) is 50.8. The number of amides is 4. The van der Waals surface area contributed by atoms with Crippen molar-refractivity contribution in [1.29, 1.82) is 0 Å². The van der Waals surface area contributed by atoms with Gasteiger partial charge in [-0.1, -0.05) is 91.1 Å². The number of hydrogen-bond acceptors (Lipinski definition) is 12. The Morgan fingerprint density at radius 3 is 1.62 bits per heavy atom. The fourth-order valence-electron chi connectivity index (χ4n) is 6.02. The molecule has 0 saturated carbocycles. The number of anilines is 2. The predicted molar refractivity (Wildman–Crippen MR) is 281 cm³/mol. The molecule has 66 heavy (non-hydrogen) atoms. The number of sulfone groups is 2. The second kappa shape index (κ2) is 22.9. The van der Waals surface area contributed by atoms with E-state index in [1.54, 1.807) is 60.7 Å². The zero-order valence-electron chi connectivity index (χ0n) is 34.2. The largest absolute Gasteiger partial charge is 0.375 e. The summed E-state index contributed by atoms with van der Waals surface area (Å²) in [5, 5.41) is 6.04. The number of nitrogens with one attached hydrogen (secondary N) is 2. The number of imide groups is 1. The Labute approximate surface area is 425 Å². The number of carbonyl (C=O) groups excluding carboxylic acids is 3. The molecule has 8 rings (SSSR count). The van der Waals surface area contributed by atoms with Crippen molar-refractivity contribution >= 4 is 159 Å². The van der Waals surface area contributed by atoms with Gasteiger partial charge in [0.05, 0.1) is 62.9 Å². The number of rotatable bonds is 13. The van der Waals surface area contributed by atoms with Gasteiger partial charge in [-0.15, -0.1) is 0 Å². The number of benzene rings is 4. The Bertz CT molecular complexity index is 3240. The number of urea groups is 1. The smallest absolute Gasteiger partial charge is 0.327 e. The maximum Gasteiger partial charge on any atom is 0.327 e. The van der Waals surface area contributed by atoms with Crippen LogP contribution in [0, 0.1) is 0 Å². The van der Waals surface area contributed by atoms with Crippen LogP contribution in [0.15, 0.2) is 132 Å². The molecule has 0 radical (unpaired) electrons. The lowest BCUT2D eigenvalue weighted by Gasteiger charge is -2.09. The van der Waals surface area contributed by atoms with Crippen molar-refractivity contribution in [3.63, 3.8) is 0 Å². The fraction of sp³-hybridized carbons (Fsp3) is 0.140. The second-order valence-corrected chi connectivity index (χ2v) is 23.1. The van der Waals surface area contributed by atoms with Crippen LogP contribution in [0.3, 0.4) is 0 Å². The number of aromatic nitrogens is 4. The summed E-state index contributed by atoms with van der Waals surface area (Å²) in [5.41, 5.74) is 14.1. The van der Waals surface area contributed by atoms with Crippen LogP contribution in [0.2, 0.25) is 10.0 Å². The topological polar surface area (TPSA) is 231 Å². The lowest BCUT2D eigenvalue weighted by molar-refractivity contribution is 0.0965. The van der Waals surface area contributed by atoms with Gasteiger partial charge in [-0.05, 0) is 110 Å². The van der Waals surface area contributed by atoms with Gasteiger partial charge in [0.1, 0.15) is 0 Å². The minimum atomic E-state index is -3.38. The number of thiazole rings is 2. The molecule has 0 bridgehead atoms. The molecule has 0 aliphatic carbocycles. The summed E-state index contributed by atoms with van der Waals surface area (Å²) >= 11 is 18.8. The van der Waals surface area contributed by atoms with Crippen LogP contribution in [-0.4, -0.2) is 74.1 Å².